The Kier molecular flexibility index (Phi) is 6.14. The largest absolute Gasteiger partial charge is 0.495 e. The second-order valence-electron chi connectivity index (χ2n) is 8.18. The lowest BCUT2D eigenvalue weighted by Crippen LogP contribution is -2.48. The van der Waals surface area contributed by atoms with Gasteiger partial charge in [-0.25, -0.2) is 13.6 Å². The number of hydrogen-bond donors (Lipinski definition) is 3. The standard InChI is InChI=1S/C24H21F2NO3.CH3NO2/c1-29-19-13-27-14-20-21(19)23(28)12-11-18(15-5-3-2-4-6-15)24(23,30-20)17-9-7-16(8-10-17)22(25)26;2-1(3)4/h2-10,13-14,18,22,28H,11-12H2,1H3;2H2,(H,3,4). The number of halogens is 2. The quantitative estimate of drug-likeness (QED) is 0.509. The minimum atomic E-state index is -2.56. The van der Waals surface area contributed by atoms with E-state index in [1.54, 1.807) is 24.5 Å². The number of carboxylic acid groups (broad SMARTS) is 1. The van der Waals surface area contributed by atoms with Crippen molar-refractivity contribution in [3.63, 3.8) is 0 Å². The van der Waals surface area contributed by atoms with Crippen LogP contribution in [0.15, 0.2) is 67.0 Å². The van der Waals surface area contributed by atoms with E-state index < -0.39 is 23.7 Å². The monoisotopic (exact) mass is 470 g/mol. The Balaban J connectivity index is 0.000000636. The van der Waals surface area contributed by atoms with Gasteiger partial charge < -0.3 is 25.4 Å². The average molecular weight is 470 g/mol. The molecule has 3 unspecified atom stereocenters. The summed E-state index contributed by atoms with van der Waals surface area (Å²) >= 11 is 0. The van der Waals surface area contributed by atoms with Crippen LogP contribution in [0.5, 0.6) is 11.5 Å². The number of methoxy groups -OCH3 is 1. The molecular formula is C25H24F2N2O5. The summed E-state index contributed by atoms with van der Waals surface area (Å²) in [5.74, 6) is 0.725. The molecular weight excluding hydrogens is 446 g/mol. The summed E-state index contributed by atoms with van der Waals surface area (Å²) in [4.78, 5) is 13.0. The maximum Gasteiger partial charge on any atom is 0.402 e. The normalized spacial score (nSPS) is 24.4. The van der Waals surface area contributed by atoms with Crippen molar-refractivity contribution in [3.8, 4) is 11.5 Å². The smallest absolute Gasteiger partial charge is 0.402 e. The van der Waals surface area contributed by atoms with Crippen molar-refractivity contribution in [2.75, 3.05) is 7.11 Å². The van der Waals surface area contributed by atoms with Crippen molar-refractivity contribution in [2.24, 2.45) is 5.73 Å². The summed E-state index contributed by atoms with van der Waals surface area (Å²) < 4.78 is 38.4. The lowest BCUT2D eigenvalue weighted by molar-refractivity contribution is -0.106. The Hall–Kier alpha value is -3.72. The minimum absolute atomic E-state index is 0.0669. The van der Waals surface area contributed by atoms with Gasteiger partial charge in [-0.2, -0.15) is 0 Å². The van der Waals surface area contributed by atoms with E-state index in [2.05, 4.69) is 10.7 Å². The summed E-state index contributed by atoms with van der Waals surface area (Å²) in [5.41, 5.74) is 3.64. The van der Waals surface area contributed by atoms with Crippen LogP contribution >= 0.6 is 0 Å². The first-order valence-electron chi connectivity index (χ1n) is 10.6. The predicted molar refractivity (Wildman–Crippen MR) is 119 cm³/mol. The van der Waals surface area contributed by atoms with Crippen LogP contribution in [0.3, 0.4) is 0 Å². The lowest BCUT2D eigenvalue weighted by Gasteiger charge is -2.40. The first-order valence-corrected chi connectivity index (χ1v) is 10.6. The topological polar surface area (TPSA) is 115 Å². The van der Waals surface area contributed by atoms with Gasteiger partial charge in [0.15, 0.2) is 5.60 Å². The molecule has 1 fully saturated rings. The Morgan fingerprint density at radius 1 is 1.18 bits per heavy atom. The van der Waals surface area contributed by atoms with Crippen LogP contribution in [-0.2, 0) is 11.2 Å². The number of rotatable bonds is 4. The SMILES string of the molecule is COc1cncc2c1C1(O)CCC(c3ccccc3)C1(c1ccc(C(F)F)cc1)O2.NC(=O)O. The van der Waals surface area contributed by atoms with Gasteiger partial charge in [-0.15, -0.1) is 0 Å². The second kappa shape index (κ2) is 8.90. The highest BCUT2D eigenvalue weighted by atomic mass is 19.3. The fourth-order valence-electron chi connectivity index (χ4n) is 5.19. The third-order valence-electron chi connectivity index (χ3n) is 6.47. The van der Waals surface area contributed by atoms with Gasteiger partial charge in [-0.1, -0.05) is 54.6 Å². The lowest BCUT2D eigenvalue weighted by atomic mass is 9.71. The Morgan fingerprint density at radius 2 is 1.82 bits per heavy atom. The van der Waals surface area contributed by atoms with E-state index in [4.69, 9.17) is 19.4 Å². The number of alkyl halides is 2. The molecule has 9 heteroatoms. The molecule has 3 aromatic rings. The zero-order valence-electron chi connectivity index (χ0n) is 18.3. The van der Waals surface area contributed by atoms with Crippen molar-refractivity contribution in [2.45, 2.75) is 36.4 Å². The number of hydrogen-bond acceptors (Lipinski definition) is 5. The zero-order valence-corrected chi connectivity index (χ0v) is 18.3. The summed E-state index contributed by atoms with van der Waals surface area (Å²) in [5, 5.41) is 19.3. The van der Waals surface area contributed by atoms with Crippen LogP contribution in [0, 0.1) is 0 Å². The molecule has 1 amide bonds. The molecule has 1 aromatic heterocycles. The zero-order chi connectivity index (χ0) is 24.5. The molecule has 2 heterocycles. The molecule has 1 aliphatic heterocycles. The van der Waals surface area contributed by atoms with Gasteiger partial charge in [-0.05, 0) is 24.0 Å². The van der Waals surface area contributed by atoms with Crippen LogP contribution in [-0.4, -0.2) is 28.4 Å². The molecule has 0 spiro atoms. The molecule has 178 valence electrons. The van der Waals surface area contributed by atoms with Crippen molar-refractivity contribution >= 4 is 6.09 Å². The van der Waals surface area contributed by atoms with E-state index in [1.807, 2.05) is 30.3 Å². The Labute approximate surface area is 194 Å². The molecule has 3 atom stereocenters. The average Bonchev–Trinajstić information content (AvgIpc) is 3.26. The van der Waals surface area contributed by atoms with E-state index in [1.165, 1.54) is 19.2 Å². The van der Waals surface area contributed by atoms with Gasteiger partial charge in [0.2, 0.25) is 0 Å². The fraction of sp³-hybridized carbons (Fsp3) is 0.280. The maximum atomic E-state index is 13.2. The number of fused-ring (bicyclic) bond motifs is 3. The molecule has 1 aliphatic carbocycles. The highest BCUT2D eigenvalue weighted by Crippen LogP contribution is 2.67. The van der Waals surface area contributed by atoms with Gasteiger partial charge in [0, 0.05) is 11.5 Å². The minimum Gasteiger partial charge on any atom is -0.495 e. The number of primary amides is 1. The van der Waals surface area contributed by atoms with Gasteiger partial charge in [-0.3, -0.25) is 4.98 Å². The molecule has 7 nitrogen and oxygen atoms in total. The third-order valence-corrected chi connectivity index (χ3v) is 6.47. The highest BCUT2D eigenvalue weighted by Gasteiger charge is 2.69. The van der Waals surface area contributed by atoms with E-state index in [-0.39, 0.29) is 11.5 Å². The second-order valence-corrected chi connectivity index (χ2v) is 8.18. The highest BCUT2D eigenvalue weighted by molar-refractivity contribution is 5.61. The van der Waals surface area contributed by atoms with E-state index >= 15 is 0 Å². The van der Waals surface area contributed by atoms with Gasteiger partial charge in [0.1, 0.15) is 17.1 Å². The number of ether oxygens (including phenoxy) is 2. The van der Waals surface area contributed by atoms with E-state index in [0.717, 1.165) is 5.56 Å². The molecule has 0 radical (unpaired) electrons. The van der Waals surface area contributed by atoms with Crippen molar-refractivity contribution in [1.29, 1.82) is 0 Å². The number of amides is 1. The molecule has 2 aliphatic rings. The van der Waals surface area contributed by atoms with Gasteiger partial charge in [0.25, 0.3) is 6.43 Å². The molecule has 34 heavy (non-hydrogen) atoms. The van der Waals surface area contributed by atoms with Crippen molar-refractivity contribution in [3.05, 3.63) is 89.2 Å². The molecule has 0 saturated heterocycles. The number of nitrogens with two attached hydrogens (primary N) is 1. The summed E-state index contributed by atoms with van der Waals surface area (Å²) in [6, 6.07) is 15.9. The predicted octanol–water partition coefficient (Wildman–Crippen LogP) is 4.70. The third kappa shape index (κ3) is 3.62. The van der Waals surface area contributed by atoms with Crippen LogP contribution in [0.25, 0.3) is 0 Å². The fourth-order valence-corrected chi connectivity index (χ4v) is 5.19. The number of aromatic nitrogens is 1. The van der Waals surface area contributed by atoms with Crippen LogP contribution in [0.1, 0.15) is 47.4 Å². The van der Waals surface area contributed by atoms with Crippen LogP contribution < -0.4 is 15.2 Å². The van der Waals surface area contributed by atoms with Crippen LogP contribution in [0.2, 0.25) is 0 Å². The first kappa shape index (κ1) is 23.4. The number of carbonyl (C=O) groups is 1. The number of pyridine rings is 1. The molecule has 5 rings (SSSR count). The van der Waals surface area contributed by atoms with Gasteiger partial charge >= 0.3 is 6.09 Å². The van der Waals surface area contributed by atoms with Crippen molar-refractivity contribution in [1.82, 2.24) is 4.98 Å². The Bertz CT molecular complexity index is 1170. The van der Waals surface area contributed by atoms with Gasteiger partial charge in [0.05, 0.1) is 25.1 Å². The van der Waals surface area contributed by atoms with Crippen LogP contribution in [0.4, 0.5) is 13.6 Å². The summed E-state index contributed by atoms with van der Waals surface area (Å²) in [6.07, 6.45) is 0.352. The maximum absolute atomic E-state index is 13.2. The van der Waals surface area contributed by atoms with E-state index in [9.17, 15) is 13.9 Å². The molecule has 2 aromatic carbocycles. The number of benzene rings is 2. The molecule has 1 saturated carbocycles. The summed E-state index contributed by atoms with van der Waals surface area (Å²) in [7, 11) is 1.53. The van der Waals surface area contributed by atoms with E-state index in [0.29, 0.717) is 35.5 Å². The molecule has 4 N–H and O–H groups in total. The first-order chi connectivity index (χ1) is 16.2. The number of nitrogens with zero attached hydrogens (tertiary/aromatic N) is 1. The summed E-state index contributed by atoms with van der Waals surface area (Å²) in [6.45, 7) is 0. The molecule has 0 bridgehead atoms. The number of aliphatic hydroxyl groups is 1. The van der Waals surface area contributed by atoms with Crippen molar-refractivity contribution < 1.29 is 33.3 Å². The Morgan fingerprint density at radius 3 is 2.41 bits per heavy atom.